The van der Waals surface area contributed by atoms with E-state index in [1.807, 2.05) is 50.3 Å². The summed E-state index contributed by atoms with van der Waals surface area (Å²) in [4.78, 5) is 0. The molecule has 0 saturated carbocycles. The van der Waals surface area contributed by atoms with Crippen molar-refractivity contribution in [3.05, 3.63) is 95.9 Å². The van der Waals surface area contributed by atoms with Crippen molar-refractivity contribution in [2.24, 2.45) is 0 Å². The lowest BCUT2D eigenvalue weighted by molar-refractivity contribution is 1.35. The summed E-state index contributed by atoms with van der Waals surface area (Å²) in [7, 11) is 0. The highest BCUT2D eigenvalue weighted by molar-refractivity contribution is 5.59. The normalized spacial score (nSPS) is 11.6. The van der Waals surface area contributed by atoms with Crippen LogP contribution in [0.1, 0.15) is 19.4 Å². The third-order valence-corrected chi connectivity index (χ3v) is 3.37. The first kappa shape index (κ1) is 16.6. The molecular weight excluding hydrogens is 254 g/mol. The molecule has 0 unspecified atom stereocenters. The van der Waals surface area contributed by atoms with Crippen molar-refractivity contribution in [3.8, 4) is 0 Å². The van der Waals surface area contributed by atoms with Crippen LogP contribution in [0.4, 0.5) is 5.69 Å². The minimum absolute atomic E-state index is 0.782. The number of benzene rings is 1. The van der Waals surface area contributed by atoms with Crippen LogP contribution in [0.2, 0.25) is 0 Å². The van der Waals surface area contributed by atoms with Crippen molar-refractivity contribution in [2.75, 3.05) is 5.32 Å². The highest BCUT2D eigenvalue weighted by atomic mass is 14.9. The van der Waals surface area contributed by atoms with E-state index in [1.165, 1.54) is 5.56 Å². The molecule has 108 valence electrons. The molecule has 1 aromatic rings. The maximum absolute atomic E-state index is 4.07. The van der Waals surface area contributed by atoms with Crippen LogP contribution < -0.4 is 5.32 Å². The Morgan fingerprint density at radius 1 is 1.14 bits per heavy atom. The summed E-state index contributed by atoms with van der Waals surface area (Å²) in [6, 6.07) is 8.09. The van der Waals surface area contributed by atoms with E-state index >= 15 is 0 Å². The maximum atomic E-state index is 4.07. The molecule has 1 nitrogen and oxygen atoms in total. The highest BCUT2D eigenvalue weighted by Crippen LogP contribution is 2.19. The molecule has 0 amide bonds. The second-order valence-corrected chi connectivity index (χ2v) is 4.92. The number of allylic oxidation sites excluding steroid dienone is 5. The first-order chi connectivity index (χ1) is 9.99. The van der Waals surface area contributed by atoms with Gasteiger partial charge < -0.3 is 5.32 Å². The zero-order chi connectivity index (χ0) is 15.8. The quantitative estimate of drug-likeness (QED) is 0.518. The fraction of sp³-hybridized carbons (Fsp3) is 0.150. The Kier molecular flexibility index (Phi) is 6.26. The van der Waals surface area contributed by atoms with Crippen LogP contribution in [0, 0.1) is 6.92 Å². The molecule has 1 aromatic carbocycles. The van der Waals surface area contributed by atoms with Gasteiger partial charge in [-0.15, -0.1) is 5.73 Å². The van der Waals surface area contributed by atoms with Crippen LogP contribution in [0.5, 0.6) is 0 Å². The number of aryl methyl sites for hydroxylation is 1. The van der Waals surface area contributed by atoms with Crippen LogP contribution in [-0.4, -0.2) is 0 Å². The highest BCUT2D eigenvalue weighted by Gasteiger charge is 2.02. The minimum atomic E-state index is 0.782. The van der Waals surface area contributed by atoms with Crippen molar-refractivity contribution >= 4 is 5.69 Å². The van der Waals surface area contributed by atoms with Gasteiger partial charge in [-0.05, 0) is 49.1 Å². The summed E-state index contributed by atoms with van der Waals surface area (Å²) in [6.07, 6.45) is 5.83. The Morgan fingerprint density at radius 3 is 2.38 bits per heavy atom. The average Bonchev–Trinajstić information content (AvgIpc) is 2.50. The fourth-order valence-corrected chi connectivity index (χ4v) is 1.69. The first-order valence-corrected chi connectivity index (χ1v) is 6.89. The Balaban J connectivity index is 2.90. The summed E-state index contributed by atoms with van der Waals surface area (Å²) < 4.78 is 0. The van der Waals surface area contributed by atoms with Gasteiger partial charge in [0.25, 0.3) is 0 Å². The predicted molar refractivity (Wildman–Crippen MR) is 94.3 cm³/mol. The second kappa shape index (κ2) is 7.94. The first-order valence-electron chi connectivity index (χ1n) is 6.89. The lowest BCUT2D eigenvalue weighted by Crippen LogP contribution is -2.01. The minimum Gasteiger partial charge on any atom is -0.348 e. The van der Waals surface area contributed by atoms with E-state index in [0.29, 0.717) is 0 Å². The van der Waals surface area contributed by atoms with E-state index in [2.05, 4.69) is 43.8 Å². The summed E-state index contributed by atoms with van der Waals surface area (Å²) in [5.74, 6) is 0. The van der Waals surface area contributed by atoms with E-state index in [-0.39, 0.29) is 0 Å². The van der Waals surface area contributed by atoms with Crippen molar-refractivity contribution in [3.63, 3.8) is 0 Å². The smallest absolute Gasteiger partial charge is 0.0879 e. The standard InChI is InChI=1S/C20H23N/c1-7-15(3)16(4)13-14-18(6)19(8-2)21-20-12-10-9-11-17(20)5/h7,9-14,21H,1-2,6H2,3-5H3/b14-13-,16-15+. The number of hydrogen-bond donors (Lipinski definition) is 1. The fourth-order valence-electron chi connectivity index (χ4n) is 1.69. The molecule has 0 radical (unpaired) electrons. The third-order valence-electron chi connectivity index (χ3n) is 3.37. The Labute approximate surface area is 128 Å². The number of hydrogen-bond acceptors (Lipinski definition) is 1. The molecule has 0 aliphatic carbocycles. The van der Waals surface area contributed by atoms with E-state index < -0.39 is 0 Å². The maximum Gasteiger partial charge on any atom is 0.0879 e. The zero-order valence-electron chi connectivity index (χ0n) is 13.2. The molecule has 0 bridgehead atoms. The van der Waals surface area contributed by atoms with Crippen molar-refractivity contribution in [1.82, 2.24) is 0 Å². The molecule has 0 atom stereocenters. The van der Waals surface area contributed by atoms with E-state index in [0.717, 1.165) is 28.1 Å². The van der Waals surface area contributed by atoms with Crippen LogP contribution in [-0.2, 0) is 0 Å². The second-order valence-electron chi connectivity index (χ2n) is 4.92. The largest absolute Gasteiger partial charge is 0.348 e. The monoisotopic (exact) mass is 277 g/mol. The van der Waals surface area contributed by atoms with Crippen LogP contribution in [0.3, 0.4) is 0 Å². The Hall–Kier alpha value is -2.50. The van der Waals surface area contributed by atoms with Gasteiger partial charge in [0.2, 0.25) is 0 Å². The number of rotatable bonds is 6. The van der Waals surface area contributed by atoms with Gasteiger partial charge in [-0.1, -0.05) is 56.2 Å². The van der Waals surface area contributed by atoms with Gasteiger partial charge in [-0.25, -0.2) is 0 Å². The molecule has 0 aliphatic rings. The molecule has 21 heavy (non-hydrogen) atoms. The summed E-state index contributed by atoms with van der Waals surface area (Å²) in [5.41, 5.74) is 9.04. The molecule has 0 saturated heterocycles. The molecule has 1 N–H and O–H groups in total. The van der Waals surface area contributed by atoms with Gasteiger partial charge >= 0.3 is 0 Å². The summed E-state index contributed by atoms with van der Waals surface area (Å²) >= 11 is 0. The molecule has 1 heteroatoms. The molecular formula is C20H23N. The van der Waals surface area contributed by atoms with E-state index in [4.69, 9.17) is 0 Å². The number of anilines is 1. The lowest BCUT2D eigenvalue weighted by Gasteiger charge is -2.11. The van der Waals surface area contributed by atoms with Crippen LogP contribution >= 0.6 is 0 Å². The van der Waals surface area contributed by atoms with E-state index in [9.17, 15) is 0 Å². The third kappa shape index (κ3) is 4.83. The van der Waals surface area contributed by atoms with Gasteiger partial charge in [0, 0.05) is 5.69 Å². The molecule has 0 fully saturated rings. The van der Waals surface area contributed by atoms with Crippen LogP contribution in [0.25, 0.3) is 0 Å². The topological polar surface area (TPSA) is 12.0 Å². The Bertz CT molecular complexity index is 650. The molecule has 0 aromatic heterocycles. The summed E-state index contributed by atoms with van der Waals surface area (Å²) in [5, 5.41) is 3.32. The predicted octanol–water partition coefficient (Wildman–Crippen LogP) is 5.71. The lowest BCUT2D eigenvalue weighted by atomic mass is 10.1. The SMILES string of the molecule is C=C=C(Nc1ccccc1C)C(=C)/C=C\C(C)=C(/C)C=C. The molecule has 0 spiro atoms. The van der Waals surface area contributed by atoms with Gasteiger partial charge in [-0.2, -0.15) is 0 Å². The van der Waals surface area contributed by atoms with Crippen molar-refractivity contribution < 1.29 is 0 Å². The van der Waals surface area contributed by atoms with Crippen molar-refractivity contribution in [2.45, 2.75) is 20.8 Å². The van der Waals surface area contributed by atoms with Gasteiger partial charge in [0.05, 0.1) is 5.70 Å². The summed E-state index contributed by atoms with van der Waals surface area (Å²) in [6.45, 7) is 17.7. The van der Waals surface area contributed by atoms with Gasteiger partial charge in [0.15, 0.2) is 0 Å². The van der Waals surface area contributed by atoms with Crippen molar-refractivity contribution in [1.29, 1.82) is 0 Å². The molecule has 0 aliphatic heterocycles. The average molecular weight is 277 g/mol. The Morgan fingerprint density at radius 2 is 1.81 bits per heavy atom. The number of para-hydroxylation sites is 1. The van der Waals surface area contributed by atoms with E-state index in [1.54, 1.807) is 0 Å². The van der Waals surface area contributed by atoms with Gasteiger partial charge in [-0.3, -0.25) is 0 Å². The van der Waals surface area contributed by atoms with Gasteiger partial charge in [0.1, 0.15) is 0 Å². The molecule has 0 heterocycles. The molecule has 1 rings (SSSR count). The number of nitrogens with one attached hydrogen (secondary N) is 1. The van der Waals surface area contributed by atoms with Crippen LogP contribution in [0.15, 0.2) is 90.4 Å². The zero-order valence-corrected chi connectivity index (χ0v) is 13.2.